The summed E-state index contributed by atoms with van der Waals surface area (Å²) >= 11 is 7.28. The van der Waals surface area contributed by atoms with Crippen LogP contribution in [0.2, 0.25) is 5.02 Å². The first-order valence-corrected chi connectivity index (χ1v) is 8.91. The monoisotopic (exact) mass is 370 g/mol. The summed E-state index contributed by atoms with van der Waals surface area (Å²) in [6.45, 7) is 1.83. The Hall–Kier alpha value is -2.44. The first kappa shape index (κ1) is 17.4. The lowest BCUT2D eigenvalue weighted by molar-refractivity contribution is -0.113. The number of anilines is 1. The maximum absolute atomic E-state index is 12.1. The van der Waals surface area contributed by atoms with E-state index in [9.17, 15) is 4.79 Å². The number of halogens is 1. The fourth-order valence-electron chi connectivity index (χ4n) is 2.19. The van der Waals surface area contributed by atoms with E-state index in [1.165, 1.54) is 11.8 Å². The average molecular weight is 371 g/mol. The van der Waals surface area contributed by atoms with Crippen molar-refractivity contribution >= 4 is 35.0 Å². The second kappa shape index (κ2) is 8.09. The third-order valence-corrected chi connectivity index (χ3v) is 4.40. The molecule has 5 nitrogen and oxygen atoms in total. The summed E-state index contributed by atoms with van der Waals surface area (Å²) in [4.78, 5) is 24.9. The lowest BCUT2D eigenvalue weighted by Crippen LogP contribution is -2.14. The lowest BCUT2D eigenvalue weighted by Gasteiger charge is -2.07. The van der Waals surface area contributed by atoms with Gasteiger partial charge in [0.2, 0.25) is 5.91 Å². The zero-order valence-electron chi connectivity index (χ0n) is 13.4. The van der Waals surface area contributed by atoms with E-state index < -0.39 is 0 Å². The molecule has 0 spiro atoms. The van der Waals surface area contributed by atoms with Crippen LogP contribution in [0.3, 0.4) is 0 Å². The number of aromatic nitrogens is 3. The molecule has 0 fully saturated rings. The summed E-state index contributed by atoms with van der Waals surface area (Å²) in [5.41, 5.74) is 2.45. The Morgan fingerprint density at radius 1 is 1.16 bits per heavy atom. The van der Waals surface area contributed by atoms with Gasteiger partial charge in [-0.1, -0.05) is 29.4 Å². The summed E-state index contributed by atoms with van der Waals surface area (Å²) in [6, 6.07) is 12.7. The van der Waals surface area contributed by atoms with Crippen LogP contribution >= 0.6 is 23.4 Å². The van der Waals surface area contributed by atoms with Crippen LogP contribution < -0.4 is 5.32 Å². The highest BCUT2D eigenvalue weighted by atomic mass is 35.5. The van der Waals surface area contributed by atoms with Crippen LogP contribution in [0.1, 0.15) is 5.82 Å². The van der Waals surface area contributed by atoms with E-state index in [2.05, 4.69) is 20.3 Å². The molecule has 7 heteroatoms. The molecule has 1 N–H and O–H groups in total. The molecule has 25 heavy (non-hydrogen) atoms. The topological polar surface area (TPSA) is 67.8 Å². The minimum absolute atomic E-state index is 0.117. The molecule has 0 aliphatic heterocycles. The molecule has 0 aliphatic rings. The van der Waals surface area contributed by atoms with Crippen LogP contribution in [-0.2, 0) is 4.79 Å². The second-order valence-electron chi connectivity index (χ2n) is 5.22. The molecular weight excluding hydrogens is 356 g/mol. The van der Waals surface area contributed by atoms with Gasteiger partial charge in [0, 0.05) is 28.7 Å². The van der Waals surface area contributed by atoms with Gasteiger partial charge >= 0.3 is 0 Å². The van der Waals surface area contributed by atoms with Gasteiger partial charge in [-0.25, -0.2) is 9.97 Å². The number of benzene rings is 1. The van der Waals surface area contributed by atoms with Crippen LogP contribution in [0.15, 0.2) is 59.9 Å². The summed E-state index contributed by atoms with van der Waals surface area (Å²) in [7, 11) is 0. The van der Waals surface area contributed by atoms with E-state index in [0.717, 1.165) is 16.3 Å². The number of nitrogens with zero attached hydrogens (tertiary/aromatic N) is 3. The van der Waals surface area contributed by atoms with Gasteiger partial charge in [0.1, 0.15) is 10.9 Å². The summed E-state index contributed by atoms with van der Waals surface area (Å²) in [6.07, 6.45) is 3.44. The molecule has 0 radical (unpaired) electrons. The zero-order chi connectivity index (χ0) is 17.6. The molecule has 0 bridgehead atoms. The van der Waals surface area contributed by atoms with E-state index in [1.54, 1.807) is 36.7 Å². The first-order chi connectivity index (χ1) is 12.1. The highest BCUT2D eigenvalue weighted by Crippen LogP contribution is 2.23. The fourth-order valence-corrected chi connectivity index (χ4v) is 3.12. The highest BCUT2D eigenvalue weighted by Gasteiger charge is 2.08. The third-order valence-electron chi connectivity index (χ3n) is 3.25. The molecule has 0 saturated carbocycles. The van der Waals surface area contributed by atoms with Gasteiger partial charge in [-0.3, -0.25) is 9.78 Å². The molecule has 3 aromatic rings. The maximum Gasteiger partial charge on any atom is 0.234 e. The molecule has 0 atom stereocenters. The summed E-state index contributed by atoms with van der Waals surface area (Å²) in [5.74, 6) is 0.791. The number of aryl methyl sites for hydroxylation is 1. The predicted octanol–water partition coefficient (Wildman–Crippen LogP) is 4.23. The quantitative estimate of drug-likeness (QED) is 0.537. The Kier molecular flexibility index (Phi) is 5.63. The van der Waals surface area contributed by atoms with E-state index in [0.29, 0.717) is 16.5 Å². The summed E-state index contributed by atoms with van der Waals surface area (Å²) in [5, 5.41) is 4.15. The van der Waals surface area contributed by atoms with Crippen molar-refractivity contribution in [1.29, 1.82) is 0 Å². The number of nitrogens with one attached hydrogen (secondary N) is 1. The number of amides is 1. The Morgan fingerprint density at radius 3 is 2.72 bits per heavy atom. The Labute approximate surface area is 154 Å². The number of hydrogen-bond donors (Lipinski definition) is 1. The van der Waals surface area contributed by atoms with Crippen LogP contribution in [-0.4, -0.2) is 26.6 Å². The van der Waals surface area contributed by atoms with Crippen molar-refractivity contribution in [1.82, 2.24) is 15.0 Å². The Bertz CT molecular complexity index is 889. The van der Waals surface area contributed by atoms with Crippen LogP contribution in [0.25, 0.3) is 11.3 Å². The minimum atomic E-state index is -0.117. The predicted molar refractivity (Wildman–Crippen MR) is 101 cm³/mol. The van der Waals surface area contributed by atoms with Gasteiger partial charge in [0.15, 0.2) is 0 Å². The van der Waals surface area contributed by atoms with Crippen LogP contribution in [0.5, 0.6) is 0 Å². The highest BCUT2D eigenvalue weighted by molar-refractivity contribution is 7.99. The second-order valence-corrected chi connectivity index (χ2v) is 6.65. The molecule has 0 unspecified atom stereocenters. The van der Waals surface area contributed by atoms with E-state index in [4.69, 9.17) is 11.6 Å². The van der Waals surface area contributed by atoms with Crippen molar-refractivity contribution in [3.63, 3.8) is 0 Å². The SMILES string of the molecule is Cc1nc(SCC(=O)Nc2cccc(Cl)c2)cc(-c2ccncc2)n1. The Morgan fingerprint density at radius 2 is 1.96 bits per heavy atom. The van der Waals surface area contributed by atoms with Gasteiger partial charge in [0.25, 0.3) is 0 Å². The van der Waals surface area contributed by atoms with E-state index in [1.807, 2.05) is 25.1 Å². The van der Waals surface area contributed by atoms with Gasteiger partial charge in [-0.15, -0.1) is 0 Å². The van der Waals surface area contributed by atoms with Crippen molar-refractivity contribution < 1.29 is 4.79 Å². The van der Waals surface area contributed by atoms with Gasteiger partial charge in [-0.05, 0) is 43.3 Å². The molecular formula is C18H15ClN4OS. The van der Waals surface area contributed by atoms with Crippen molar-refractivity contribution in [2.45, 2.75) is 11.9 Å². The number of carbonyl (C=O) groups excluding carboxylic acids is 1. The molecule has 126 valence electrons. The first-order valence-electron chi connectivity index (χ1n) is 7.54. The standard InChI is InChI=1S/C18H15ClN4OS/c1-12-21-16(13-5-7-20-8-6-13)10-18(22-12)25-11-17(24)23-15-4-2-3-14(19)9-15/h2-10H,11H2,1H3,(H,23,24). The Balaban J connectivity index is 1.67. The van der Waals surface area contributed by atoms with Gasteiger partial charge in [-0.2, -0.15) is 0 Å². The smallest absolute Gasteiger partial charge is 0.234 e. The molecule has 2 aromatic heterocycles. The molecule has 2 heterocycles. The van der Waals surface area contributed by atoms with Crippen molar-refractivity contribution in [2.24, 2.45) is 0 Å². The van der Waals surface area contributed by atoms with Gasteiger partial charge < -0.3 is 5.32 Å². The molecule has 0 saturated heterocycles. The minimum Gasteiger partial charge on any atom is -0.325 e. The number of thioether (sulfide) groups is 1. The number of rotatable bonds is 5. The third kappa shape index (κ3) is 5.01. The molecule has 1 amide bonds. The zero-order valence-corrected chi connectivity index (χ0v) is 15.0. The number of carbonyl (C=O) groups is 1. The van der Waals surface area contributed by atoms with Crippen molar-refractivity contribution in [3.05, 3.63) is 65.7 Å². The average Bonchev–Trinajstić information content (AvgIpc) is 2.60. The normalized spacial score (nSPS) is 10.5. The number of pyridine rings is 1. The fraction of sp³-hybridized carbons (Fsp3) is 0.111. The van der Waals surface area contributed by atoms with Crippen molar-refractivity contribution in [2.75, 3.05) is 11.1 Å². The van der Waals surface area contributed by atoms with Crippen LogP contribution in [0.4, 0.5) is 5.69 Å². The maximum atomic E-state index is 12.1. The van der Waals surface area contributed by atoms with E-state index in [-0.39, 0.29) is 11.7 Å². The largest absolute Gasteiger partial charge is 0.325 e. The molecule has 0 aliphatic carbocycles. The van der Waals surface area contributed by atoms with E-state index >= 15 is 0 Å². The number of hydrogen-bond acceptors (Lipinski definition) is 5. The summed E-state index contributed by atoms with van der Waals surface area (Å²) < 4.78 is 0. The van der Waals surface area contributed by atoms with Crippen LogP contribution in [0, 0.1) is 6.92 Å². The molecule has 3 rings (SSSR count). The van der Waals surface area contributed by atoms with Crippen molar-refractivity contribution in [3.8, 4) is 11.3 Å². The lowest BCUT2D eigenvalue weighted by atomic mass is 10.2. The molecule has 1 aromatic carbocycles. The van der Waals surface area contributed by atoms with Gasteiger partial charge in [0.05, 0.1) is 11.4 Å².